The van der Waals surface area contributed by atoms with Crippen LogP contribution in [0.4, 0.5) is 13.2 Å². The molecule has 0 radical (unpaired) electrons. The molecule has 4 rings (SSSR count). The van der Waals surface area contributed by atoms with Crippen molar-refractivity contribution in [1.82, 2.24) is 9.88 Å². The van der Waals surface area contributed by atoms with Crippen LogP contribution >= 0.6 is 46.4 Å². The Morgan fingerprint density at radius 2 is 1.70 bits per heavy atom. The van der Waals surface area contributed by atoms with Gasteiger partial charge < -0.3 is 4.90 Å². The molecule has 1 aliphatic rings. The lowest BCUT2D eigenvalue weighted by molar-refractivity contribution is -0.139. The van der Waals surface area contributed by atoms with Gasteiger partial charge in [0.15, 0.2) is 0 Å². The molecule has 37 heavy (non-hydrogen) atoms. The van der Waals surface area contributed by atoms with E-state index in [-0.39, 0.29) is 39.0 Å². The number of allylic oxidation sites excluding steroid dienone is 1. The van der Waals surface area contributed by atoms with Crippen molar-refractivity contribution < 1.29 is 18.0 Å². The van der Waals surface area contributed by atoms with Crippen LogP contribution in [0, 0.1) is 5.92 Å². The van der Waals surface area contributed by atoms with Crippen LogP contribution in [-0.4, -0.2) is 22.0 Å². The Labute approximate surface area is 232 Å². The smallest absolute Gasteiger partial charge is 0.332 e. The largest absolute Gasteiger partial charge is 0.399 e. The third-order valence-corrected chi connectivity index (χ3v) is 7.50. The highest BCUT2D eigenvalue weighted by Crippen LogP contribution is 2.41. The van der Waals surface area contributed by atoms with Gasteiger partial charge in [-0.25, -0.2) is 0 Å². The van der Waals surface area contributed by atoms with Gasteiger partial charge in [-0.2, -0.15) is 13.2 Å². The van der Waals surface area contributed by atoms with Crippen molar-refractivity contribution >= 4 is 58.4 Å². The van der Waals surface area contributed by atoms with E-state index in [4.69, 9.17) is 46.4 Å². The fourth-order valence-corrected chi connectivity index (χ4v) is 4.72. The lowest BCUT2D eigenvalue weighted by Gasteiger charge is -2.23. The second kappa shape index (κ2) is 11.6. The summed E-state index contributed by atoms with van der Waals surface area (Å²) in [6.07, 6.45) is 1.16. The van der Waals surface area contributed by atoms with Crippen LogP contribution in [-0.2, 0) is 17.9 Å². The van der Waals surface area contributed by atoms with E-state index in [0.29, 0.717) is 22.7 Å². The molecule has 1 saturated carbocycles. The van der Waals surface area contributed by atoms with Crippen LogP contribution in [0.5, 0.6) is 0 Å². The first-order chi connectivity index (χ1) is 17.5. The molecule has 1 aliphatic carbocycles. The van der Waals surface area contributed by atoms with Crippen LogP contribution in [0.1, 0.15) is 41.1 Å². The van der Waals surface area contributed by atoms with Crippen LogP contribution in [0.15, 0.2) is 60.8 Å². The number of amides is 1. The number of hydrogen-bond donors (Lipinski definition) is 0. The van der Waals surface area contributed by atoms with Crippen molar-refractivity contribution in [3.8, 4) is 0 Å². The summed E-state index contributed by atoms with van der Waals surface area (Å²) in [6, 6.07) is 12.8. The van der Waals surface area contributed by atoms with E-state index in [1.165, 1.54) is 6.08 Å². The highest BCUT2D eigenvalue weighted by atomic mass is 35.5. The summed E-state index contributed by atoms with van der Waals surface area (Å²) < 4.78 is 41.5. The minimum atomic E-state index is -4.59. The van der Waals surface area contributed by atoms with Gasteiger partial charge in [-0.15, -0.1) is 0 Å². The zero-order valence-corrected chi connectivity index (χ0v) is 22.3. The molecule has 0 spiro atoms. The number of rotatable bonds is 8. The Morgan fingerprint density at radius 1 is 1.00 bits per heavy atom. The Balaban J connectivity index is 1.55. The van der Waals surface area contributed by atoms with Crippen LogP contribution < -0.4 is 0 Å². The minimum Gasteiger partial charge on any atom is -0.332 e. The molecular weight excluding hydrogens is 567 g/mol. The van der Waals surface area contributed by atoms with E-state index in [1.54, 1.807) is 35.4 Å². The molecule has 194 valence electrons. The standard InChI is InChI=1S/C27H21Cl4F3N2O/c28-22-11-16(5-9-21(27(32,33)34)19-12-23(29)25(31)24(30)13-19)4-6-18(22)14-36(26(37)17-7-8-17)15-20-3-1-2-10-35-20/h1-6,9-13,17,21H,7-8,14-15H2. The molecule has 1 fully saturated rings. The summed E-state index contributed by atoms with van der Waals surface area (Å²) in [5.74, 6) is -1.90. The average Bonchev–Trinajstić information content (AvgIpc) is 3.68. The second-order valence-corrected chi connectivity index (χ2v) is 10.4. The molecule has 3 nitrogen and oxygen atoms in total. The van der Waals surface area contributed by atoms with Crippen molar-refractivity contribution in [3.63, 3.8) is 0 Å². The van der Waals surface area contributed by atoms with Gasteiger partial charge in [0.05, 0.1) is 33.2 Å². The highest BCUT2D eigenvalue weighted by Gasteiger charge is 2.39. The van der Waals surface area contributed by atoms with E-state index < -0.39 is 12.1 Å². The molecule has 0 N–H and O–H groups in total. The highest BCUT2D eigenvalue weighted by molar-refractivity contribution is 6.48. The number of aromatic nitrogens is 1. The zero-order chi connectivity index (χ0) is 26.7. The predicted octanol–water partition coefficient (Wildman–Crippen LogP) is 8.99. The van der Waals surface area contributed by atoms with Gasteiger partial charge in [-0.3, -0.25) is 9.78 Å². The van der Waals surface area contributed by atoms with Crippen molar-refractivity contribution in [1.29, 1.82) is 0 Å². The summed E-state index contributed by atoms with van der Waals surface area (Å²) in [6.45, 7) is 0.606. The lowest BCUT2D eigenvalue weighted by atomic mass is 9.97. The molecule has 0 bridgehead atoms. The SMILES string of the molecule is O=C(C1CC1)N(Cc1ccccn1)Cc1ccc(C=CC(c2cc(Cl)c(Cl)c(Cl)c2)C(F)(F)F)cc1Cl. The van der Waals surface area contributed by atoms with Gasteiger partial charge in [0.1, 0.15) is 0 Å². The summed E-state index contributed by atoms with van der Waals surface area (Å²) in [4.78, 5) is 18.9. The normalized spacial score (nSPS) is 14.7. The zero-order valence-electron chi connectivity index (χ0n) is 19.3. The van der Waals surface area contributed by atoms with E-state index >= 15 is 0 Å². The number of alkyl halides is 3. The van der Waals surface area contributed by atoms with Gasteiger partial charge in [0, 0.05) is 23.7 Å². The quantitative estimate of drug-likeness (QED) is 0.246. The number of carbonyl (C=O) groups is 1. The Morgan fingerprint density at radius 3 is 2.27 bits per heavy atom. The summed E-state index contributed by atoms with van der Waals surface area (Å²) in [5.41, 5.74) is 1.79. The fourth-order valence-electron chi connectivity index (χ4n) is 3.86. The van der Waals surface area contributed by atoms with Crippen molar-refractivity contribution in [2.24, 2.45) is 5.92 Å². The Kier molecular flexibility index (Phi) is 8.74. The van der Waals surface area contributed by atoms with E-state index in [2.05, 4.69) is 4.98 Å². The van der Waals surface area contributed by atoms with E-state index in [0.717, 1.165) is 36.7 Å². The van der Waals surface area contributed by atoms with Gasteiger partial charge in [-0.05, 0) is 59.9 Å². The maximum Gasteiger partial charge on any atom is 0.399 e. The predicted molar refractivity (Wildman–Crippen MR) is 142 cm³/mol. The Bertz CT molecular complexity index is 1290. The molecule has 3 aromatic rings. The first-order valence-electron chi connectivity index (χ1n) is 11.4. The second-order valence-electron chi connectivity index (χ2n) is 8.82. The molecule has 1 amide bonds. The van der Waals surface area contributed by atoms with E-state index in [9.17, 15) is 18.0 Å². The average molecular weight is 588 g/mol. The third-order valence-electron chi connectivity index (χ3n) is 5.95. The number of halogens is 7. The van der Waals surface area contributed by atoms with Crippen molar-refractivity contribution in [2.45, 2.75) is 38.0 Å². The Hall–Kier alpha value is -2.25. The van der Waals surface area contributed by atoms with Gasteiger partial charge in [-0.1, -0.05) is 76.8 Å². The molecule has 0 aliphatic heterocycles. The third kappa shape index (κ3) is 7.20. The van der Waals surface area contributed by atoms with Gasteiger partial charge >= 0.3 is 6.18 Å². The molecule has 1 aromatic heterocycles. The molecule has 1 unspecified atom stereocenters. The molecule has 0 saturated heterocycles. The topological polar surface area (TPSA) is 33.2 Å². The van der Waals surface area contributed by atoms with Crippen LogP contribution in [0.3, 0.4) is 0 Å². The summed E-state index contributed by atoms with van der Waals surface area (Å²) >= 11 is 24.3. The van der Waals surface area contributed by atoms with E-state index in [1.807, 2.05) is 12.1 Å². The van der Waals surface area contributed by atoms with Gasteiger partial charge in [0.2, 0.25) is 5.91 Å². The summed E-state index contributed by atoms with van der Waals surface area (Å²) in [7, 11) is 0. The number of hydrogen-bond acceptors (Lipinski definition) is 2. The van der Waals surface area contributed by atoms with Crippen molar-refractivity contribution in [3.05, 3.63) is 103 Å². The first-order valence-corrected chi connectivity index (χ1v) is 12.9. The monoisotopic (exact) mass is 586 g/mol. The summed E-state index contributed by atoms with van der Waals surface area (Å²) in [5, 5.41) is 0.222. The minimum absolute atomic E-state index is 0.00313. The number of nitrogens with zero attached hydrogens (tertiary/aromatic N) is 2. The fraction of sp³-hybridized carbons (Fsp3) is 0.259. The first kappa shape index (κ1) is 27.8. The molecule has 2 aromatic carbocycles. The lowest BCUT2D eigenvalue weighted by Crippen LogP contribution is -2.31. The maximum absolute atomic E-state index is 13.8. The molecule has 1 atom stereocenters. The molecule has 1 heterocycles. The van der Waals surface area contributed by atoms with Crippen LogP contribution in [0.2, 0.25) is 20.1 Å². The number of carbonyl (C=O) groups excluding carboxylic acids is 1. The van der Waals surface area contributed by atoms with Crippen molar-refractivity contribution in [2.75, 3.05) is 0 Å². The maximum atomic E-state index is 13.8. The molecular formula is C27H21Cl4F3N2O. The number of benzene rings is 2. The number of pyridine rings is 1. The molecule has 10 heteroatoms. The van der Waals surface area contributed by atoms with Crippen LogP contribution in [0.25, 0.3) is 6.08 Å². The van der Waals surface area contributed by atoms with Gasteiger partial charge in [0.25, 0.3) is 0 Å².